The van der Waals surface area contributed by atoms with Crippen LogP contribution in [0.15, 0.2) is 48.9 Å². The van der Waals surface area contributed by atoms with Crippen LogP contribution >= 0.6 is 0 Å². The number of benzene rings is 1. The minimum atomic E-state index is -1.37. The maximum atomic E-state index is 13.9. The summed E-state index contributed by atoms with van der Waals surface area (Å²) in [6, 6.07) is 3.00. The number of carboxylic acids is 1. The van der Waals surface area contributed by atoms with Gasteiger partial charge in [-0.25, -0.2) is 9.78 Å². The van der Waals surface area contributed by atoms with Gasteiger partial charge in [0.25, 0.3) is 11.8 Å². The predicted molar refractivity (Wildman–Crippen MR) is 181 cm³/mol. The Hall–Kier alpha value is -5.21. The second-order valence-corrected chi connectivity index (χ2v) is 13.0. The largest absolute Gasteiger partial charge is 0.480 e. The molecule has 15 nitrogen and oxygen atoms in total. The summed E-state index contributed by atoms with van der Waals surface area (Å²) in [6.07, 6.45) is 5.30. The van der Waals surface area contributed by atoms with E-state index >= 15 is 0 Å². The molecular formula is C35H47N7O8. The van der Waals surface area contributed by atoms with Crippen LogP contribution < -0.4 is 21.3 Å². The predicted octanol–water partition coefficient (Wildman–Crippen LogP) is 1.03. The van der Waals surface area contributed by atoms with Crippen molar-refractivity contribution in [2.75, 3.05) is 6.54 Å². The highest BCUT2D eigenvalue weighted by atomic mass is 16.4. The number of hydrogen-bond acceptors (Lipinski definition) is 9. The normalized spacial score (nSPS) is 16.5. The molecule has 3 rings (SSSR count). The number of likely N-dealkylation sites (tertiary alicyclic amines) is 1. The van der Waals surface area contributed by atoms with Crippen LogP contribution in [0.1, 0.15) is 76.4 Å². The SMILES string of the molecule is CCCC(NC(=O)[C@@H]1CCCN1C(=O)[C@@H](NC(=O)[C@@H](NC(=O)c1cnccn1)C(C)C)C(C)C)C(=O)C(=O)N[C@@H](Cc1ccccc1)C(=O)O. The Morgan fingerprint density at radius 2 is 1.56 bits per heavy atom. The third kappa shape index (κ3) is 10.6. The molecule has 0 bridgehead atoms. The number of carbonyl (C=O) groups excluding carboxylic acids is 6. The van der Waals surface area contributed by atoms with E-state index in [2.05, 4.69) is 31.2 Å². The van der Waals surface area contributed by atoms with Crippen LogP contribution in [0.4, 0.5) is 0 Å². The Labute approximate surface area is 291 Å². The zero-order valence-corrected chi connectivity index (χ0v) is 29.0. The lowest BCUT2D eigenvalue weighted by Gasteiger charge is -2.32. The van der Waals surface area contributed by atoms with Gasteiger partial charge in [-0.3, -0.25) is 33.8 Å². The van der Waals surface area contributed by atoms with Gasteiger partial charge in [-0.05, 0) is 36.7 Å². The van der Waals surface area contributed by atoms with E-state index in [4.69, 9.17) is 0 Å². The Balaban J connectivity index is 1.70. The number of hydrogen-bond donors (Lipinski definition) is 5. The van der Waals surface area contributed by atoms with Gasteiger partial charge in [0, 0.05) is 25.4 Å². The molecule has 15 heteroatoms. The molecule has 5 amide bonds. The molecule has 50 heavy (non-hydrogen) atoms. The van der Waals surface area contributed by atoms with Crippen LogP contribution in [0.5, 0.6) is 0 Å². The van der Waals surface area contributed by atoms with Crippen LogP contribution in [-0.2, 0) is 35.2 Å². The average Bonchev–Trinajstić information content (AvgIpc) is 3.59. The molecule has 1 aliphatic rings. The van der Waals surface area contributed by atoms with E-state index in [9.17, 15) is 38.7 Å². The molecule has 5 N–H and O–H groups in total. The second-order valence-electron chi connectivity index (χ2n) is 13.0. The number of aliphatic carboxylic acids is 1. The van der Waals surface area contributed by atoms with Crippen LogP contribution in [-0.4, -0.2) is 98.0 Å². The summed E-state index contributed by atoms with van der Waals surface area (Å²) in [5, 5.41) is 20.0. The molecule has 0 aliphatic carbocycles. The number of rotatable bonds is 17. The molecule has 2 aromatic rings. The number of aromatic nitrogens is 2. The van der Waals surface area contributed by atoms with E-state index in [0.29, 0.717) is 18.4 Å². The lowest BCUT2D eigenvalue weighted by atomic mass is 9.98. The minimum absolute atomic E-state index is 0.0274. The van der Waals surface area contributed by atoms with E-state index in [1.807, 2.05) is 0 Å². The monoisotopic (exact) mass is 693 g/mol. The van der Waals surface area contributed by atoms with Crippen molar-refractivity contribution < 1.29 is 38.7 Å². The molecule has 1 aromatic carbocycles. The number of carbonyl (C=O) groups is 7. The molecule has 1 saturated heterocycles. The fourth-order valence-electron chi connectivity index (χ4n) is 5.67. The summed E-state index contributed by atoms with van der Waals surface area (Å²) in [7, 11) is 0. The summed E-state index contributed by atoms with van der Waals surface area (Å²) in [5.74, 6) is -6.52. The van der Waals surface area contributed by atoms with Gasteiger partial charge in [0.05, 0.1) is 12.2 Å². The first-order chi connectivity index (χ1) is 23.7. The van der Waals surface area contributed by atoms with Crippen molar-refractivity contribution in [3.05, 3.63) is 60.2 Å². The van der Waals surface area contributed by atoms with Gasteiger partial charge in [-0.15, -0.1) is 0 Å². The number of ketones is 1. The average molecular weight is 694 g/mol. The fraction of sp³-hybridized carbons (Fsp3) is 0.514. The molecule has 0 radical (unpaired) electrons. The van der Waals surface area contributed by atoms with Crippen molar-refractivity contribution in [1.29, 1.82) is 0 Å². The van der Waals surface area contributed by atoms with Crippen molar-refractivity contribution in [1.82, 2.24) is 36.1 Å². The van der Waals surface area contributed by atoms with Gasteiger partial charge in [0.1, 0.15) is 29.9 Å². The first-order valence-electron chi connectivity index (χ1n) is 16.8. The smallest absolute Gasteiger partial charge is 0.326 e. The van der Waals surface area contributed by atoms with Crippen molar-refractivity contribution in [3.63, 3.8) is 0 Å². The van der Waals surface area contributed by atoms with Crippen LogP contribution in [0, 0.1) is 11.8 Å². The second kappa shape index (κ2) is 18.5. The van der Waals surface area contributed by atoms with Gasteiger partial charge >= 0.3 is 5.97 Å². The number of amides is 5. The van der Waals surface area contributed by atoms with E-state index in [1.54, 1.807) is 65.0 Å². The van der Waals surface area contributed by atoms with Crippen molar-refractivity contribution in [3.8, 4) is 0 Å². The molecule has 0 saturated carbocycles. The highest BCUT2D eigenvalue weighted by Crippen LogP contribution is 2.21. The number of Topliss-reactive ketones (excluding diaryl/α,β-unsaturated/α-hetero) is 1. The van der Waals surface area contributed by atoms with E-state index in [0.717, 1.165) is 0 Å². The first-order valence-corrected chi connectivity index (χ1v) is 16.8. The Kier molecular flexibility index (Phi) is 14.5. The Morgan fingerprint density at radius 1 is 0.880 bits per heavy atom. The standard InChI is InChI=1S/C35H47N7O8/c1-6-11-23(29(43)33(47)39-24(35(49)50)18-22-12-8-7-9-13-22)38-31(45)26-14-10-17-42(26)34(48)28(21(4)5)41-32(46)27(20(2)3)40-30(44)25-19-36-15-16-37-25/h7-9,12-13,15-16,19-21,23-24,26-28H,6,10-11,14,17-18H2,1-5H3,(H,38,45)(H,39,47)(H,40,44)(H,41,46)(H,49,50)/t23?,24-,26-,27-,28-/m0/s1. The lowest BCUT2D eigenvalue weighted by molar-refractivity contribution is -0.146. The third-order valence-electron chi connectivity index (χ3n) is 8.42. The minimum Gasteiger partial charge on any atom is -0.480 e. The van der Waals surface area contributed by atoms with Gasteiger partial charge in [-0.1, -0.05) is 71.4 Å². The summed E-state index contributed by atoms with van der Waals surface area (Å²) >= 11 is 0. The molecule has 270 valence electrons. The molecule has 2 heterocycles. The Bertz CT molecular complexity index is 1520. The van der Waals surface area contributed by atoms with Crippen LogP contribution in [0.3, 0.4) is 0 Å². The zero-order valence-electron chi connectivity index (χ0n) is 29.0. The lowest BCUT2D eigenvalue weighted by Crippen LogP contribution is -2.60. The third-order valence-corrected chi connectivity index (χ3v) is 8.42. The molecule has 1 aliphatic heterocycles. The number of carboxylic acid groups (broad SMARTS) is 1. The topological polar surface area (TPSA) is 217 Å². The van der Waals surface area contributed by atoms with Gasteiger partial charge in [-0.2, -0.15) is 0 Å². The van der Waals surface area contributed by atoms with Crippen molar-refractivity contribution >= 4 is 41.3 Å². The van der Waals surface area contributed by atoms with Gasteiger partial charge in [0.15, 0.2) is 0 Å². The molecule has 5 atom stereocenters. The molecule has 1 aromatic heterocycles. The number of nitrogens with zero attached hydrogens (tertiary/aromatic N) is 3. The molecular weight excluding hydrogens is 646 g/mol. The van der Waals surface area contributed by atoms with E-state index in [-0.39, 0.29) is 37.4 Å². The molecule has 1 unspecified atom stereocenters. The number of nitrogens with one attached hydrogen (secondary N) is 4. The van der Waals surface area contributed by atoms with E-state index in [1.165, 1.54) is 23.5 Å². The maximum Gasteiger partial charge on any atom is 0.326 e. The van der Waals surface area contributed by atoms with Crippen molar-refractivity contribution in [2.24, 2.45) is 11.8 Å². The van der Waals surface area contributed by atoms with Gasteiger partial charge in [0.2, 0.25) is 23.5 Å². The van der Waals surface area contributed by atoms with Crippen LogP contribution in [0.2, 0.25) is 0 Å². The quantitative estimate of drug-likeness (QED) is 0.148. The zero-order chi connectivity index (χ0) is 37.0. The fourth-order valence-corrected chi connectivity index (χ4v) is 5.67. The summed E-state index contributed by atoms with van der Waals surface area (Å²) < 4.78 is 0. The Morgan fingerprint density at radius 3 is 2.14 bits per heavy atom. The van der Waals surface area contributed by atoms with E-state index < -0.39 is 77.4 Å². The summed E-state index contributed by atoms with van der Waals surface area (Å²) in [4.78, 5) is 101. The highest BCUT2D eigenvalue weighted by molar-refractivity contribution is 6.38. The van der Waals surface area contributed by atoms with Crippen molar-refractivity contribution in [2.45, 2.75) is 96.9 Å². The summed E-state index contributed by atoms with van der Waals surface area (Å²) in [5.41, 5.74) is 0.680. The van der Waals surface area contributed by atoms with Gasteiger partial charge < -0.3 is 31.3 Å². The molecule has 0 spiro atoms. The highest BCUT2D eigenvalue weighted by Gasteiger charge is 2.41. The first kappa shape index (κ1) is 39.2. The van der Waals surface area contributed by atoms with Crippen LogP contribution in [0.25, 0.3) is 0 Å². The molecule has 1 fully saturated rings. The summed E-state index contributed by atoms with van der Waals surface area (Å²) in [6.45, 7) is 8.96. The maximum absolute atomic E-state index is 13.9.